The van der Waals surface area contributed by atoms with Crippen LogP contribution >= 0.6 is 23.2 Å². The van der Waals surface area contributed by atoms with Gasteiger partial charge in [0.25, 0.3) is 0 Å². The molecule has 6 heteroatoms. The van der Waals surface area contributed by atoms with E-state index in [9.17, 15) is 9.90 Å². The van der Waals surface area contributed by atoms with Gasteiger partial charge < -0.3 is 5.11 Å². The van der Waals surface area contributed by atoms with Crippen molar-refractivity contribution in [2.75, 3.05) is 0 Å². The van der Waals surface area contributed by atoms with Gasteiger partial charge in [0.05, 0.1) is 28.0 Å². The number of halogens is 2. The molecule has 0 aliphatic carbocycles. The molecule has 0 aliphatic rings. The minimum atomic E-state index is -1.01. The van der Waals surface area contributed by atoms with Crippen molar-refractivity contribution in [3.63, 3.8) is 0 Å². The number of carbonyl (C=O) groups is 1. The molecule has 0 fully saturated rings. The van der Waals surface area contributed by atoms with E-state index in [0.29, 0.717) is 32.5 Å². The average molecular weight is 395 g/mol. The van der Waals surface area contributed by atoms with Gasteiger partial charge in [0.2, 0.25) is 0 Å². The maximum absolute atomic E-state index is 11.3. The summed E-state index contributed by atoms with van der Waals surface area (Å²) in [6.07, 6.45) is 0. The van der Waals surface area contributed by atoms with Crippen molar-refractivity contribution in [2.24, 2.45) is 0 Å². The standard InChI is InChI=1S/C21H12Cl2N2O2/c22-15-5-1-3-12(9-15)19-20(13-4-2-6-16(23)10-13)25-18-11-14(21(26)27)7-8-17(18)24-19/h1-11H,(H,26,27). The van der Waals surface area contributed by atoms with E-state index in [4.69, 9.17) is 33.2 Å². The van der Waals surface area contributed by atoms with E-state index in [1.807, 2.05) is 30.3 Å². The second-order valence-electron chi connectivity index (χ2n) is 5.95. The molecule has 0 aliphatic heterocycles. The number of rotatable bonds is 3. The van der Waals surface area contributed by atoms with Crippen LogP contribution in [0.1, 0.15) is 10.4 Å². The minimum Gasteiger partial charge on any atom is -0.478 e. The molecule has 0 saturated heterocycles. The lowest BCUT2D eigenvalue weighted by molar-refractivity contribution is 0.0697. The van der Waals surface area contributed by atoms with Gasteiger partial charge in [-0.1, -0.05) is 47.5 Å². The molecule has 4 nitrogen and oxygen atoms in total. The van der Waals surface area contributed by atoms with Crippen LogP contribution in [0.25, 0.3) is 33.5 Å². The van der Waals surface area contributed by atoms with E-state index < -0.39 is 5.97 Å². The average Bonchev–Trinajstić information content (AvgIpc) is 2.66. The fourth-order valence-electron chi connectivity index (χ4n) is 2.86. The molecule has 0 unspecified atom stereocenters. The molecule has 132 valence electrons. The summed E-state index contributed by atoms with van der Waals surface area (Å²) in [5.41, 5.74) is 4.10. The maximum atomic E-state index is 11.3. The maximum Gasteiger partial charge on any atom is 0.335 e. The zero-order valence-electron chi connectivity index (χ0n) is 13.9. The molecule has 1 aromatic heterocycles. The quantitative estimate of drug-likeness (QED) is 0.464. The lowest BCUT2D eigenvalue weighted by atomic mass is 10.0. The number of benzene rings is 3. The summed E-state index contributed by atoms with van der Waals surface area (Å²) >= 11 is 12.3. The van der Waals surface area contributed by atoms with E-state index in [1.54, 1.807) is 24.3 Å². The zero-order chi connectivity index (χ0) is 19.0. The number of fused-ring (bicyclic) bond motifs is 1. The van der Waals surface area contributed by atoms with Crippen molar-refractivity contribution in [2.45, 2.75) is 0 Å². The second kappa shape index (κ2) is 6.99. The first kappa shape index (κ1) is 17.5. The summed E-state index contributed by atoms with van der Waals surface area (Å²) in [4.78, 5) is 20.7. The van der Waals surface area contributed by atoms with Gasteiger partial charge in [-0.2, -0.15) is 0 Å². The van der Waals surface area contributed by atoms with Crippen molar-refractivity contribution < 1.29 is 9.90 Å². The van der Waals surface area contributed by atoms with Gasteiger partial charge in [-0.3, -0.25) is 0 Å². The Morgan fingerprint density at radius 3 is 1.81 bits per heavy atom. The Labute approximate surface area is 165 Å². The Kier molecular flexibility index (Phi) is 4.52. The van der Waals surface area contributed by atoms with Crippen LogP contribution in [0, 0.1) is 0 Å². The van der Waals surface area contributed by atoms with E-state index in [0.717, 1.165) is 11.1 Å². The molecule has 0 amide bonds. The molecule has 0 bridgehead atoms. The smallest absolute Gasteiger partial charge is 0.335 e. The highest BCUT2D eigenvalue weighted by atomic mass is 35.5. The van der Waals surface area contributed by atoms with Gasteiger partial charge in [-0.15, -0.1) is 0 Å². The van der Waals surface area contributed by atoms with Crippen LogP contribution in [0.5, 0.6) is 0 Å². The molecular weight excluding hydrogens is 383 g/mol. The van der Waals surface area contributed by atoms with E-state index in [2.05, 4.69) is 0 Å². The minimum absolute atomic E-state index is 0.157. The molecule has 0 spiro atoms. The number of aromatic carboxylic acids is 1. The van der Waals surface area contributed by atoms with Crippen molar-refractivity contribution in [3.8, 4) is 22.5 Å². The predicted molar refractivity (Wildman–Crippen MR) is 107 cm³/mol. The molecule has 0 atom stereocenters. The molecule has 0 radical (unpaired) electrons. The number of nitrogens with zero attached hydrogens (tertiary/aromatic N) is 2. The van der Waals surface area contributed by atoms with Gasteiger partial charge in [0, 0.05) is 21.2 Å². The van der Waals surface area contributed by atoms with Crippen LogP contribution in [0.2, 0.25) is 10.0 Å². The molecule has 27 heavy (non-hydrogen) atoms. The van der Waals surface area contributed by atoms with Crippen molar-refractivity contribution in [3.05, 3.63) is 82.3 Å². The lowest BCUT2D eigenvalue weighted by Crippen LogP contribution is -1.99. The van der Waals surface area contributed by atoms with E-state index >= 15 is 0 Å². The summed E-state index contributed by atoms with van der Waals surface area (Å²) in [6.45, 7) is 0. The molecule has 4 aromatic rings. The van der Waals surface area contributed by atoms with Gasteiger partial charge in [0.15, 0.2) is 0 Å². The first-order chi connectivity index (χ1) is 13.0. The van der Waals surface area contributed by atoms with E-state index in [1.165, 1.54) is 12.1 Å². The van der Waals surface area contributed by atoms with Crippen molar-refractivity contribution >= 4 is 40.2 Å². The number of aromatic nitrogens is 2. The fourth-order valence-corrected chi connectivity index (χ4v) is 3.24. The number of hydrogen-bond donors (Lipinski definition) is 1. The van der Waals surface area contributed by atoms with Crippen LogP contribution in [0.15, 0.2) is 66.7 Å². The third-order valence-electron chi connectivity index (χ3n) is 4.11. The van der Waals surface area contributed by atoms with Crippen molar-refractivity contribution in [1.82, 2.24) is 9.97 Å². The summed E-state index contributed by atoms with van der Waals surface area (Å²) in [6, 6.07) is 19.3. The Morgan fingerprint density at radius 1 is 0.741 bits per heavy atom. The largest absolute Gasteiger partial charge is 0.478 e. The predicted octanol–water partition coefficient (Wildman–Crippen LogP) is 5.97. The van der Waals surface area contributed by atoms with Gasteiger partial charge in [0.1, 0.15) is 0 Å². The molecule has 1 N–H and O–H groups in total. The van der Waals surface area contributed by atoms with Gasteiger partial charge in [-0.05, 0) is 42.5 Å². The SMILES string of the molecule is O=C(O)c1ccc2nc(-c3cccc(Cl)c3)c(-c3cccc(Cl)c3)nc2c1. The summed E-state index contributed by atoms with van der Waals surface area (Å²) in [5, 5.41) is 10.4. The molecule has 3 aromatic carbocycles. The summed E-state index contributed by atoms with van der Waals surface area (Å²) in [7, 11) is 0. The van der Waals surface area contributed by atoms with Crippen LogP contribution in [-0.2, 0) is 0 Å². The Hall–Kier alpha value is -2.95. The highest BCUT2D eigenvalue weighted by Gasteiger charge is 2.15. The number of carboxylic acids is 1. The highest BCUT2D eigenvalue weighted by Crippen LogP contribution is 2.33. The van der Waals surface area contributed by atoms with Crippen LogP contribution in [0.3, 0.4) is 0 Å². The number of hydrogen-bond acceptors (Lipinski definition) is 3. The number of carboxylic acid groups (broad SMARTS) is 1. The summed E-state index contributed by atoms with van der Waals surface area (Å²) in [5.74, 6) is -1.01. The third-order valence-corrected chi connectivity index (χ3v) is 4.58. The lowest BCUT2D eigenvalue weighted by Gasteiger charge is -2.11. The Balaban J connectivity index is 2.03. The fraction of sp³-hybridized carbons (Fsp3) is 0. The molecule has 0 saturated carbocycles. The molecule has 4 rings (SSSR count). The topological polar surface area (TPSA) is 63.1 Å². The highest BCUT2D eigenvalue weighted by molar-refractivity contribution is 6.31. The van der Waals surface area contributed by atoms with Crippen LogP contribution in [-0.4, -0.2) is 21.0 Å². The van der Waals surface area contributed by atoms with Crippen LogP contribution < -0.4 is 0 Å². The molecular formula is C21H12Cl2N2O2. The Bertz CT molecular complexity index is 1190. The molecule has 1 heterocycles. The van der Waals surface area contributed by atoms with Crippen LogP contribution in [0.4, 0.5) is 0 Å². The Morgan fingerprint density at radius 2 is 1.30 bits per heavy atom. The normalized spacial score (nSPS) is 10.9. The third kappa shape index (κ3) is 3.50. The summed E-state index contributed by atoms with van der Waals surface area (Å²) < 4.78 is 0. The van der Waals surface area contributed by atoms with Gasteiger partial charge >= 0.3 is 5.97 Å². The van der Waals surface area contributed by atoms with E-state index in [-0.39, 0.29) is 5.56 Å². The van der Waals surface area contributed by atoms with Crippen molar-refractivity contribution in [1.29, 1.82) is 0 Å². The first-order valence-corrected chi connectivity index (χ1v) is 8.84. The second-order valence-corrected chi connectivity index (χ2v) is 6.82. The monoisotopic (exact) mass is 394 g/mol. The first-order valence-electron chi connectivity index (χ1n) is 8.08. The van der Waals surface area contributed by atoms with Gasteiger partial charge in [-0.25, -0.2) is 14.8 Å². The zero-order valence-corrected chi connectivity index (χ0v) is 15.4.